The van der Waals surface area contributed by atoms with Crippen LogP contribution in [0.15, 0.2) is 36.5 Å². The predicted molar refractivity (Wildman–Crippen MR) is 108 cm³/mol. The third kappa shape index (κ3) is 4.90. The van der Waals surface area contributed by atoms with Crippen LogP contribution in [0.5, 0.6) is 0 Å². The van der Waals surface area contributed by atoms with Gasteiger partial charge in [0.05, 0.1) is 5.02 Å². The first-order valence-corrected chi connectivity index (χ1v) is 9.52. The van der Waals surface area contributed by atoms with Gasteiger partial charge in [-0.1, -0.05) is 17.7 Å². The van der Waals surface area contributed by atoms with E-state index in [1.807, 2.05) is 0 Å². The van der Waals surface area contributed by atoms with Crippen LogP contribution in [0.3, 0.4) is 0 Å². The average Bonchev–Trinajstić information content (AvgIpc) is 3.31. The minimum atomic E-state index is -3.22. The summed E-state index contributed by atoms with van der Waals surface area (Å²) < 4.78 is 54.7. The summed E-state index contributed by atoms with van der Waals surface area (Å²) in [5, 5.41) is 11.6. The van der Waals surface area contributed by atoms with Crippen LogP contribution in [-0.2, 0) is 11.8 Å². The first-order valence-electron chi connectivity index (χ1n) is 9.14. The fourth-order valence-electron chi connectivity index (χ4n) is 2.84. The number of aryl methyl sites for hydroxylation is 1. The summed E-state index contributed by atoms with van der Waals surface area (Å²) >= 11 is 5.63. The molecule has 170 valence electrons. The fraction of sp³-hybridized carbons (Fsp3) is 0.263. The van der Waals surface area contributed by atoms with Crippen LogP contribution in [0.2, 0.25) is 5.02 Å². The summed E-state index contributed by atoms with van der Waals surface area (Å²) in [6, 6.07) is 6.17. The zero-order valence-corrected chi connectivity index (χ0v) is 17.4. The molecular formula is C19H17ClF4N6O2. The Hall–Kier alpha value is -3.41. The summed E-state index contributed by atoms with van der Waals surface area (Å²) in [6.07, 6.45) is -4.81. The number of carbonyl (C=O) groups excluding carboxylic acids is 2. The molecule has 2 amide bonds. The molecule has 2 N–H and O–H groups in total. The van der Waals surface area contributed by atoms with Crippen molar-refractivity contribution in [3.8, 4) is 0 Å². The molecule has 1 atom stereocenters. The lowest BCUT2D eigenvalue weighted by Crippen LogP contribution is -2.26. The van der Waals surface area contributed by atoms with E-state index < -0.39 is 47.1 Å². The minimum absolute atomic E-state index is 0.181. The van der Waals surface area contributed by atoms with Gasteiger partial charge in [-0.25, -0.2) is 22.2 Å². The molecule has 3 rings (SSSR count). The molecule has 0 aliphatic heterocycles. The summed E-state index contributed by atoms with van der Waals surface area (Å²) in [5.74, 6) is -1.28. The maximum absolute atomic E-state index is 13.4. The Labute approximate surface area is 184 Å². The molecule has 13 heteroatoms. The quantitative estimate of drug-likeness (QED) is 0.491. The van der Waals surface area contributed by atoms with Crippen LogP contribution in [0.1, 0.15) is 47.7 Å². The number of hydrogen-bond acceptors (Lipinski definition) is 4. The van der Waals surface area contributed by atoms with Gasteiger partial charge in [-0.05, 0) is 31.2 Å². The zero-order chi connectivity index (χ0) is 23.6. The molecule has 0 aliphatic carbocycles. The molecule has 2 aromatic heterocycles. The molecule has 2 heterocycles. The van der Waals surface area contributed by atoms with E-state index in [9.17, 15) is 27.2 Å². The highest BCUT2D eigenvalue weighted by Gasteiger charge is 2.31. The van der Waals surface area contributed by atoms with Crippen LogP contribution in [0.25, 0.3) is 0 Å². The van der Waals surface area contributed by atoms with Crippen LogP contribution in [0.4, 0.5) is 28.9 Å². The van der Waals surface area contributed by atoms with Gasteiger partial charge in [0.25, 0.3) is 18.8 Å². The molecule has 0 fully saturated rings. The summed E-state index contributed by atoms with van der Waals surface area (Å²) in [6.45, 7) is 1.21. The van der Waals surface area contributed by atoms with E-state index in [1.165, 1.54) is 29.8 Å². The highest BCUT2D eigenvalue weighted by Crippen LogP contribution is 2.36. The molecular weight excluding hydrogens is 456 g/mol. The Balaban J connectivity index is 1.77. The first kappa shape index (κ1) is 23.3. The van der Waals surface area contributed by atoms with Crippen LogP contribution < -0.4 is 10.6 Å². The second-order valence-electron chi connectivity index (χ2n) is 6.71. The Kier molecular flexibility index (Phi) is 6.82. The number of nitrogens with zero attached hydrogens (tertiary/aromatic N) is 4. The van der Waals surface area contributed by atoms with E-state index in [2.05, 4.69) is 20.8 Å². The molecule has 1 aromatic carbocycles. The molecule has 1 unspecified atom stereocenters. The lowest BCUT2D eigenvalue weighted by molar-refractivity contribution is -0.119. The van der Waals surface area contributed by atoms with Crippen molar-refractivity contribution in [3.05, 3.63) is 58.6 Å². The lowest BCUT2D eigenvalue weighted by Gasteiger charge is -2.16. The van der Waals surface area contributed by atoms with E-state index in [0.717, 1.165) is 0 Å². The highest BCUT2D eigenvalue weighted by molar-refractivity contribution is 6.32. The van der Waals surface area contributed by atoms with Crippen molar-refractivity contribution < 1.29 is 27.2 Å². The van der Waals surface area contributed by atoms with Gasteiger partial charge < -0.3 is 10.6 Å². The number of nitrogens with one attached hydrogen (secondary N) is 2. The Morgan fingerprint density at radius 2 is 1.69 bits per heavy atom. The Morgan fingerprint density at radius 3 is 2.25 bits per heavy atom. The summed E-state index contributed by atoms with van der Waals surface area (Å²) in [4.78, 5) is 24.8. The second kappa shape index (κ2) is 9.39. The van der Waals surface area contributed by atoms with Crippen LogP contribution in [-0.4, -0.2) is 31.4 Å². The molecule has 0 bridgehead atoms. The molecule has 0 spiro atoms. The van der Waals surface area contributed by atoms with Gasteiger partial charge in [0.1, 0.15) is 17.4 Å². The number of rotatable bonds is 7. The number of anilines is 2. The average molecular weight is 473 g/mol. The van der Waals surface area contributed by atoms with Crippen LogP contribution in [0, 0.1) is 0 Å². The monoisotopic (exact) mass is 472 g/mol. The van der Waals surface area contributed by atoms with E-state index in [1.54, 1.807) is 25.4 Å². The van der Waals surface area contributed by atoms with E-state index in [-0.39, 0.29) is 11.4 Å². The molecule has 0 aliphatic rings. The number of aromatic nitrogens is 4. The topological polar surface area (TPSA) is 93.8 Å². The van der Waals surface area contributed by atoms with E-state index in [0.29, 0.717) is 10.4 Å². The SMILES string of the molecule is CC(C(=O)Nc1cccc(NC(=O)c2ccn(C)n2)c1)n1nc(C(F)F)c(Cl)c1C(F)F. The lowest BCUT2D eigenvalue weighted by atomic mass is 10.2. The number of alkyl halides is 4. The van der Waals surface area contributed by atoms with Gasteiger partial charge in [0, 0.05) is 24.6 Å². The zero-order valence-electron chi connectivity index (χ0n) is 16.7. The van der Waals surface area contributed by atoms with Gasteiger partial charge in [-0.3, -0.25) is 14.3 Å². The van der Waals surface area contributed by atoms with Gasteiger partial charge in [0.15, 0.2) is 5.69 Å². The first-order chi connectivity index (χ1) is 15.1. The molecule has 3 aromatic rings. The van der Waals surface area contributed by atoms with E-state index in [4.69, 9.17) is 11.6 Å². The van der Waals surface area contributed by atoms with Crippen molar-refractivity contribution in [2.45, 2.75) is 25.8 Å². The second-order valence-corrected chi connectivity index (χ2v) is 7.08. The normalized spacial score (nSPS) is 12.3. The number of carbonyl (C=O) groups is 2. The van der Waals surface area contributed by atoms with Crippen molar-refractivity contribution >= 4 is 34.8 Å². The predicted octanol–water partition coefficient (Wildman–Crippen LogP) is 4.60. The maximum Gasteiger partial charge on any atom is 0.283 e. The summed E-state index contributed by atoms with van der Waals surface area (Å²) in [7, 11) is 1.66. The van der Waals surface area contributed by atoms with Crippen molar-refractivity contribution in [3.63, 3.8) is 0 Å². The van der Waals surface area contributed by atoms with Crippen LogP contribution >= 0.6 is 11.6 Å². The molecule has 0 radical (unpaired) electrons. The van der Waals surface area contributed by atoms with Crippen molar-refractivity contribution in [2.24, 2.45) is 7.05 Å². The van der Waals surface area contributed by atoms with Crippen molar-refractivity contribution in [2.75, 3.05) is 10.6 Å². The Morgan fingerprint density at radius 1 is 1.03 bits per heavy atom. The third-order valence-electron chi connectivity index (χ3n) is 4.41. The van der Waals surface area contributed by atoms with Crippen molar-refractivity contribution in [1.82, 2.24) is 19.6 Å². The minimum Gasteiger partial charge on any atom is -0.324 e. The molecule has 8 nitrogen and oxygen atoms in total. The van der Waals surface area contributed by atoms with E-state index >= 15 is 0 Å². The Bertz CT molecular complexity index is 1150. The van der Waals surface area contributed by atoms with Gasteiger partial charge in [-0.15, -0.1) is 0 Å². The standard InChI is InChI=1S/C19H17ClF4N6O2/c1-9(30-15(17(23)24)13(20)14(28-30)16(21)22)18(31)25-10-4-3-5-11(8-10)26-19(32)12-6-7-29(2)27-12/h3-9,16-17H,1-2H3,(H,25,31)(H,26,32). The van der Waals surface area contributed by atoms with Crippen molar-refractivity contribution in [1.29, 1.82) is 0 Å². The largest absolute Gasteiger partial charge is 0.324 e. The molecule has 0 saturated heterocycles. The third-order valence-corrected chi connectivity index (χ3v) is 4.79. The maximum atomic E-state index is 13.4. The summed E-state index contributed by atoms with van der Waals surface area (Å²) in [5.41, 5.74) is -1.25. The number of benzene rings is 1. The highest BCUT2D eigenvalue weighted by atomic mass is 35.5. The number of hydrogen-bond donors (Lipinski definition) is 2. The number of halogens is 5. The fourth-order valence-corrected chi connectivity index (χ4v) is 3.13. The van der Waals surface area contributed by atoms with Gasteiger partial charge in [0.2, 0.25) is 5.91 Å². The molecule has 0 saturated carbocycles. The van der Waals surface area contributed by atoms with Gasteiger partial charge in [-0.2, -0.15) is 10.2 Å². The smallest absolute Gasteiger partial charge is 0.283 e. The number of amides is 2. The van der Waals surface area contributed by atoms with Gasteiger partial charge >= 0.3 is 0 Å². The molecule has 32 heavy (non-hydrogen) atoms.